The van der Waals surface area contributed by atoms with E-state index in [1.54, 1.807) is 0 Å². The van der Waals surface area contributed by atoms with Crippen molar-refractivity contribution in [3.63, 3.8) is 0 Å². The summed E-state index contributed by atoms with van der Waals surface area (Å²) >= 11 is 0. The van der Waals surface area contributed by atoms with Gasteiger partial charge in [-0.05, 0) is 23.7 Å². The maximum absolute atomic E-state index is 8.69. The van der Waals surface area contributed by atoms with E-state index in [-0.39, 0.29) is 6.61 Å². The second kappa shape index (κ2) is 9.90. The maximum atomic E-state index is 8.69. The number of rotatable bonds is 10. The number of aliphatic hydroxyl groups is 1. The molecule has 0 saturated carbocycles. The van der Waals surface area contributed by atoms with Gasteiger partial charge in [0, 0.05) is 6.61 Å². The Hall–Kier alpha value is -0.0800. The molecule has 0 rings (SSSR count). The van der Waals surface area contributed by atoms with E-state index in [1.165, 1.54) is 19.3 Å². The Balaban J connectivity index is 3.95. The fourth-order valence-electron chi connectivity index (χ4n) is 2.31. The molecule has 0 aliphatic heterocycles. The molecule has 0 spiro atoms. The van der Waals surface area contributed by atoms with E-state index in [4.69, 9.17) is 9.84 Å². The Morgan fingerprint density at radius 1 is 1.00 bits per heavy atom. The average molecular weight is 244 g/mol. The first kappa shape index (κ1) is 16.9. The molecule has 0 radical (unpaired) electrons. The molecule has 0 amide bonds. The van der Waals surface area contributed by atoms with E-state index in [1.807, 2.05) is 0 Å². The monoisotopic (exact) mass is 244 g/mol. The van der Waals surface area contributed by atoms with Crippen molar-refractivity contribution in [3.05, 3.63) is 0 Å². The Morgan fingerprint density at radius 3 is 2.12 bits per heavy atom. The zero-order valence-electron chi connectivity index (χ0n) is 12.4. The van der Waals surface area contributed by atoms with Crippen LogP contribution >= 0.6 is 0 Å². The molecule has 17 heavy (non-hydrogen) atoms. The van der Waals surface area contributed by atoms with Gasteiger partial charge in [0.25, 0.3) is 0 Å². The van der Waals surface area contributed by atoms with Crippen molar-refractivity contribution in [1.29, 1.82) is 0 Å². The van der Waals surface area contributed by atoms with Crippen molar-refractivity contribution in [2.75, 3.05) is 19.8 Å². The topological polar surface area (TPSA) is 29.5 Å². The lowest BCUT2D eigenvalue weighted by atomic mass is 9.77. The van der Waals surface area contributed by atoms with E-state index < -0.39 is 0 Å². The second-order valence-corrected chi connectivity index (χ2v) is 5.61. The van der Waals surface area contributed by atoms with Crippen molar-refractivity contribution in [3.8, 4) is 0 Å². The molecular formula is C15H32O2. The van der Waals surface area contributed by atoms with Crippen LogP contribution in [-0.2, 0) is 4.74 Å². The summed E-state index contributed by atoms with van der Waals surface area (Å²) in [6.07, 6.45) is 3.97. The molecule has 0 fully saturated rings. The number of hydrogen-bond acceptors (Lipinski definition) is 2. The summed E-state index contributed by atoms with van der Waals surface area (Å²) in [7, 11) is 0. The SMILES string of the molecule is CCCCC(C)C(C)C(C)C(C)COCCO. The average Bonchev–Trinajstić information content (AvgIpc) is 2.34. The van der Waals surface area contributed by atoms with Crippen LogP contribution in [0.3, 0.4) is 0 Å². The van der Waals surface area contributed by atoms with Crippen LogP contribution in [0.5, 0.6) is 0 Å². The number of ether oxygens (including phenoxy) is 1. The molecule has 0 heterocycles. The molecule has 0 aromatic heterocycles. The Kier molecular flexibility index (Phi) is 9.85. The first-order valence-corrected chi connectivity index (χ1v) is 7.23. The highest BCUT2D eigenvalue weighted by Gasteiger charge is 2.23. The molecule has 4 atom stereocenters. The molecule has 2 nitrogen and oxygen atoms in total. The highest BCUT2D eigenvalue weighted by molar-refractivity contribution is 4.72. The molecular weight excluding hydrogens is 212 g/mol. The molecule has 0 aliphatic carbocycles. The van der Waals surface area contributed by atoms with Gasteiger partial charge in [0.15, 0.2) is 0 Å². The largest absolute Gasteiger partial charge is 0.394 e. The lowest BCUT2D eigenvalue weighted by Crippen LogP contribution is -2.25. The fourth-order valence-corrected chi connectivity index (χ4v) is 2.31. The third-order valence-electron chi connectivity index (χ3n) is 4.25. The molecule has 0 aromatic rings. The third kappa shape index (κ3) is 7.05. The van der Waals surface area contributed by atoms with Crippen LogP contribution < -0.4 is 0 Å². The van der Waals surface area contributed by atoms with Crippen LogP contribution in [0.15, 0.2) is 0 Å². The highest BCUT2D eigenvalue weighted by Crippen LogP contribution is 2.29. The van der Waals surface area contributed by atoms with Crippen LogP contribution in [-0.4, -0.2) is 24.9 Å². The molecule has 4 unspecified atom stereocenters. The summed E-state index contributed by atoms with van der Waals surface area (Å²) in [6.45, 7) is 13.0. The van der Waals surface area contributed by atoms with Gasteiger partial charge in [0.1, 0.15) is 0 Å². The fraction of sp³-hybridized carbons (Fsp3) is 1.00. The minimum absolute atomic E-state index is 0.129. The van der Waals surface area contributed by atoms with Gasteiger partial charge in [0.2, 0.25) is 0 Å². The van der Waals surface area contributed by atoms with Crippen LogP contribution in [0.25, 0.3) is 0 Å². The molecule has 0 saturated heterocycles. The summed E-state index contributed by atoms with van der Waals surface area (Å²) in [6, 6.07) is 0. The van der Waals surface area contributed by atoms with Crippen molar-refractivity contribution in [2.45, 2.75) is 53.9 Å². The van der Waals surface area contributed by atoms with Crippen molar-refractivity contribution >= 4 is 0 Å². The molecule has 0 aliphatic rings. The molecule has 2 heteroatoms. The minimum atomic E-state index is 0.129. The van der Waals surface area contributed by atoms with Gasteiger partial charge in [-0.1, -0.05) is 53.9 Å². The lowest BCUT2D eigenvalue weighted by Gasteiger charge is -2.30. The lowest BCUT2D eigenvalue weighted by molar-refractivity contribution is 0.0453. The van der Waals surface area contributed by atoms with Gasteiger partial charge in [0.05, 0.1) is 13.2 Å². The zero-order valence-corrected chi connectivity index (χ0v) is 12.4. The zero-order chi connectivity index (χ0) is 13.3. The van der Waals surface area contributed by atoms with Gasteiger partial charge in [-0.15, -0.1) is 0 Å². The van der Waals surface area contributed by atoms with E-state index >= 15 is 0 Å². The first-order valence-electron chi connectivity index (χ1n) is 7.23. The van der Waals surface area contributed by atoms with Crippen molar-refractivity contribution < 1.29 is 9.84 Å². The van der Waals surface area contributed by atoms with Crippen molar-refractivity contribution in [2.24, 2.45) is 23.7 Å². The van der Waals surface area contributed by atoms with Gasteiger partial charge in [-0.2, -0.15) is 0 Å². The molecule has 104 valence electrons. The predicted octanol–water partition coefficient (Wildman–Crippen LogP) is 3.73. The Morgan fingerprint density at radius 2 is 1.59 bits per heavy atom. The summed E-state index contributed by atoms with van der Waals surface area (Å²) in [5.74, 6) is 2.79. The van der Waals surface area contributed by atoms with E-state index in [0.29, 0.717) is 18.4 Å². The molecule has 0 bridgehead atoms. The van der Waals surface area contributed by atoms with Gasteiger partial charge in [-0.3, -0.25) is 0 Å². The molecule has 1 N–H and O–H groups in total. The predicted molar refractivity (Wildman–Crippen MR) is 74.1 cm³/mol. The Bertz CT molecular complexity index is 170. The number of aliphatic hydroxyl groups excluding tert-OH is 1. The third-order valence-corrected chi connectivity index (χ3v) is 4.25. The maximum Gasteiger partial charge on any atom is 0.0697 e. The summed E-state index contributed by atoms with van der Waals surface area (Å²) in [5, 5.41) is 8.69. The summed E-state index contributed by atoms with van der Waals surface area (Å²) in [4.78, 5) is 0. The molecule has 0 aromatic carbocycles. The second-order valence-electron chi connectivity index (χ2n) is 5.61. The number of hydrogen-bond donors (Lipinski definition) is 1. The standard InChI is InChI=1S/C15H32O2/c1-6-7-8-12(2)14(4)15(5)13(3)11-17-10-9-16/h12-16H,6-11H2,1-5H3. The van der Waals surface area contributed by atoms with Crippen molar-refractivity contribution in [1.82, 2.24) is 0 Å². The van der Waals surface area contributed by atoms with Crippen LogP contribution in [0, 0.1) is 23.7 Å². The van der Waals surface area contributed by atoms with Crippen LogP contribution in [0.4, 0.5) is 0 Å². The summed E-state index contributed by atoms with van der Waals surface area (Å²) in [5.41, 5.74) is 0. The first-order chi connectivity index (χ1) is 8.04. The minimum Gasteiger partial charge on any atom is -0.394 e. The summed E-state index contributed by atoms with van der Waals surface area (Å²) < 4.78 is 5.43. The number of unbranched alkanes of at least 4 members (excludes halogenated alkanes) is 1. The van der Waals surface area contributed by atoms with E-state index in [2.05, 4.69) is 34.6 Å². The van der Waals surface area contributed by atoms with Gasteiger partial charge >= 0.3 is 0 Å². The van der Waals surface area contributed by atoms with Crippen LogP contribution in [0.2, 0.25) is 0 Å². The Labute approximate surface area is 108 Å². The van der Waals surface area contributed by atoms with Crippen LogP contribution in [0.1, 0.15) is 53.9 Å². The quantitative estimate of drug-likeness (QED) is 0.593. The van der Waals surface area contributed by atoms with Gasteiger partial charge < -0.3 is 9.84 Å². The smallest absolute Gasteiger partial charge is 0.0697 e. The highest BCUT2D eigenvalue weighted by atomic mass is 16.5. The van der Waals surface area contributed by atoms with Gasteiger partial charge in [-0.25, -0.2) is 0 Å². The van der Waals surface area contributed by atoms with E-state index in [9.17, 15) is 0 Å². The normalized spacial score (nSPS) is 18.7. The van der Waals surface area contributed by atoms with E-state index in [0.717, 1.165) is 18.4 Å².